The van der Waals surface area contributed by atoms with Gasteiger partial charge in [0.2, 0.25) is 0 Å². The van der Waals surface area contributed by atoms with Crippen molar-refractivity contribution in [2.45, 2.75) is 38.5 Å². The maximum Gasteiger partial charge on any atom is 0.401 e. The first-order valence-electron chi connectivity index (χ1n) is 5.93. The minimum atomic E-state index is -4.17. The zero-order chi connectivity index (χ0) is 13.1. The lowest BCUT2D eigenvalue weighted by molar-refractivity contribution is -0.150. The lowest BCUT2D eigenvalue weighted by Gasteiger charge is -2.31. The Bertz CT molecular complexity index is 227. The third-order valence-corrected chi connectivity index (χ3v) is 3.13. The van der Waals surface area contributed by atoms with Gasteiger partial charge in [0, 0.05) is 31.2 Å². The molecule has 1 aliphatic heterocycles. The second-order valence-electron chi connectivity index (χ2n) is 4.93. The number of hydrogen-bond acceptors (Lipinski definition) is 3. The molecule has 0 aromatic heterocycles. The number of hydrogen-bond donors (Lipinski definition) is 1. The summed E-state index contributed by atoms with van der Waals surface area (Å²) in [5.41, 5.74) is 5.95. The third kappa shape index (κ3) is 5.23. The monoisotopic (exact) mass is 254 g/mol. The first-order chi connectivity index (χ1) is 7.79. The average molecular weight is 254 g/mol. The fraction of sp³-hybridized carbons (Fsp3) is 1.00. The molecule has 0 aromatic carbocycles. The summed E-state index contributed by atoms with van der Waals surface area (Å²) in [5, 5.41) is 0. The summed E-state index contributed by atoms with van der Waals surface area (Å²) in [7, 11) is 0. The van der Waals surface area contributed by atoms with Gasteiger partial charge < -0.3 is 10.5 Å². The van der Waals surface area contributed by atoms with E-state index in [2.05, 4.69) is 0 Å². The van der Waals surface area contributed by atoms with Crippen LogP contribution in [0.5, 0.6) is 0 Å². The van der Waals surface area contributed by atoms with Crippen molar-refractivity contribution < 1.29 is 17.9 Å². The molecule has 1 rings (SSSR count). The summed E-state index contributed by atoms with van der Waals surface area (Å²) in [6, 6.07) is -0.410. The average Bonchev–Trinajstić information content (AvgIpc) is 2.66. The largest absolute Gasteiger partial charge is 0.401 e. The number of halogens is 3. The van der Waals surface area contributed by atoms with E-state index in [9.17, 15) is 13.2 Å². The Labute approximate surface area is 100 Å². The Morgan fingerprint density at radius 2 is 2.06 bits per heavy atom. The second-order valence-corrected chi connectivity index (χ2v) is 4.93. The van der Waals surface area contributed by atoms with E-state index < -0.39 is 12.7 Å². The normalized spacial score (nSPS) is 23.6. The summed E-state index contributed by atoms with van der Waals surface area (Å²) in [4.78, 5) is 1.38. The highest BCUT2D eigenvalue weighted by molar-refractivity contribution is 4.81. The van der Waals surface area contributed by atoms with Crippen LogP contribution in [0.4, 0.5) is 13.2 Å². The molecular weight excluding hydrogens is 233 g/mol. The predicted molar refractivity (Wildman–Crippen MR) is 59.7 cm³/mol. The molecule has 1 saturated heterocycles. The number of nitrogens with two attached hydrogens (primary N) is 1. The minimum absolute atomic E-state index is 0.162. The highest BCUT2D eigenvalue weighted by atomic mass is 19.4. The van der Waals surface area contributed by atoms with Gasteiger partial charge in [-0.15, -0.1) is 0 Å². The molecule has 1 aliphatic rings. The molecule has 0 radical (unpaired) electrons. The summed E-state index contributed by atoms with van der Waals surface area (Å²) in [5.74, 6) is 0.185. The molecule has 2 unspecified atom stereocenters. The molecule has 0 amide bonds. The van der Waals surface area contributed by atoms with E-state index in [0.29, 0.717) is 13.2 Å². The number of ether oxygens (including phenoxy) is 1. The van der Waals surface area contributed by atoms with Crippen molar-refractivity contribution in [3.63, 3.8) is 0 Å². The van der Waals surface area contributed by atoms with Crippen LogP contribution in [-0.2, 0) is 4.74 Å². The maximum atomic E-state index is 12.4. The van der Waals surface area contributed by atoms with Crippen LogP contribution in [-0.4, -0.2) is 49.5 Å². The molecule has 0 aromatic rings. The van der Waals surface area contributed by atoms with Crippen molar-refractivity contribution in [2.24, 2.45) is 11.7 Å². The lowest BCUT2D eigenvalue weighted by Crippen LogP contribution is -2.48. The highest BCUT2D eigenvalue weighted by Gasteiger charge is 2.33. The molecule has 0 spiro atoms. The van der Waals surface area contributed by atoms with Gasteiger partial charge in [0.25, 0.3) is 0 Å². The van der Waals surface area contributed by atoms with Gasteiger partial charge in [-0.1, -0.05) is 0 Å². The van der Waals surface area contributed by atoms with E-state index in [0.717, 1.165) is 6.42 Å². The van der Waals surface area contributed by atoms with Gasteiger partial charge in [-0.05, 0) is 20.3 Å². The summed E-state index contributed by atoms with van der Waals surface area (Å²) in [6.07, 6.45) is -3.32. The number of nitrogens with zero attached hydrogens (tertiary/aromatic N) is 1. The SMILES string of the molecule is CC(C)N(CC(N)C1CCOC1)CC(F)(F)F. The highest BCUT2D eigenvalue weighted by Crippen LogP contribution is 2.21. The van der Waals surface area contributed by atoms with Gasteiger partial charge in [-0.2, -0.15) is 13.2 Å². The molecule has 1 heterocycles. The zero-order valence-corrected chi connectivity index (χ0v) is 10.3. The van der Waals surface area contributed by atoms with E-state index >= 15 is 0 Å². The van der Waals surface area contributed by atoms with Gasteiger partial charge in [-0.3, -0.25) is 4.90 Å². The van der Waals surface area contributed by atoms with Crippen molar-refractivity contribution in [3.8, 4) is 0 Å². The quantitative estimate of drug-likeness (QED) is 0.810. The van der Waals surface area contributed by atoms with Crippen molar-refractivity contribution >= 4 is 0 Å². The minimum Gasteiger partial charge on any atom is -0.381 e. The van der Waals surface area contributed by atoms with Crippen LogP contribution < -0.4 is 5.73 Å². The second kappa shape index (κ2) is 6.02. The van der Waals surface area contributed by atoms with E-state index in [4.69, 9.17) is 10.5 Å². The Morgan fingerprint density at radius 3 is 2.47 bits per heavy atom. The van der Waals surface area contributed by atoms with Crippen molar-refractivity contribution in [1.82, 2.24) is 4.90 Å². The fourth-order valence-electron chi connectivity index (χ4n) is 2.00. The Kier molecular flexibility index (Phi) is 5.22. The van der Waals surface area contributed by atoms with Crippen LogP contribution in [0.1, 0.15) is 20.3 Å². The topological polar surface area (TPSA) is 38.5 Å². The molecule has 0 bridgehead atoms. The molecule has 17 heavy (non-hydrogen) atoms. The van der Waals surface area contributed by atoms with E-state index in [1.807, 2.05) is 0 Å². The molecule has 0 aliphatic carbocycles. The predicted octanol–water partition coefficient (Wildman–Crippen LogP) is 1.62. The van der Waals surface area contributed by atoms with Gasteiger partial charge in [0.1, 0.15) is 0 Å². The van der Waals surface area contributed by atoms with Crippen LogP contribution in [0, 0.1) is 5.92 Å². The Hall–Kier alpha value is -0.330. The van der Waals surface area contributed by atoms with Crippen molar-refractivity contribution in [2.75, 3.05) is 26.3 Å². The lowest BCUT2D eigenvalue weighted by atomic mass is 9.99. The first-order valence-corrected chi connectivity index (χ1v) is 5.93. The van der Waals surface area contributed by atoms with E-state index in [1.54, 1.807) is 13.8 Å². The molecule has 6 heteroatoms. The van der Waals surface area contributed by atoms with Crippen LogP contribution in [0.15, 0.2) is 0 Å². The van der Waals surface area contributed by atoms with Crippen LogP contribution in [0.3, 0.4) is 0 Å². The molecule has 2 atom stereocenters. The summed E-state index contributed by atoms with van der Waals surface area (Å²) < 4.78 is 42.4. The van der Waals surface area contributed by atoms with Crippen molar-refractivity contribution in [1.29, 1.82) is 0 Å². The number of alkyl halides is 3. The first kappa shape index (κ1) is 14.7. The van der Waals surface area contributed by atoms with Crippen LogP contribution >= 0.6 is 0 Å². The number of rotatable bonds is 5. The molecule has 1 fully saturated rings. The van der Waals surface area contributed by atoms with E-state index in [-0.39, 0.29) is 24.5 Å². The molecular formula is C11H21F3N2O. The van der Waals surface area contributed by atoms with Crippen LogP contribution in [0.2, 0.25) is 0 Å². The van der Waals surface area contributed by atoms with Gasteiger partial charge >= 0.3 is 6.18 Å². The molecule has 102 valence electrons. The summed E-state index contributed by atoms with van der Waals surface area (Å²) in [6.45, 7) is 4.11. The Morgan fingerprint density at radius 1 is 1.41 bits per heavy atom. The molecule has 0 saturated carbocycles. The zero-order valence-electron chi connectivity index (χ0n) is 10.3. The summed E-state index contributed by atoms with van der Waals surface area (Å²) >= 11 is 0. The maximum absolute atomic E-state index is 12.4. The van der Waals surface area contributed by atoms with Crippen LogP contribution in [0.25, 0.3) is 0 Å². The molecule has 2 N–H and O–H groups in total. The third-order valence-electron chi connectivity index (χ3n) is 3.13. The van der Waals surface area contributed by atoms with Gasteiger partial charge in [-0.25, -0.2) is 0 Å². The standard InChI is InChI=1S/C11H21F3N2O/c1-8(2)16(7-11(12,13)14)5-10(15)9-3-4-17-6-9/h8-10H,3-7,15H2,1-2H3. The smallest absolute Gasteiger partial charge is 0.381 e. The molecule has 3 nitrogen and oxygen atoms in total. The fourth-order valence-corrected chi connectivity index (χ4v) is 2.00. The Balaban J connectivity index is 2.48. The van der Waals surface area contributed by atoms with Crippen molar-refractivity contribution in [3.05, 3.63) is 0 Å². The van der Waals surface area contributed by atoms with E-state index in [1.165, 1.54) is 4.90 Å². The van der Waals surface area contributed by atoms with Gasteiger partial charge in [0.05, 0.1) is 13.2 Å². The van der Waals surface area contributed by atoms with Gasteiger partial charge in [0.15, 0.2) is 0 Å².